The molecule has 80 valence electrons. The number of ether oxygens (including phenoxy) is 2. The number of hydrogen-bond acceptors (Lipinski definition) is 4. The zero-order chi connectivity index (χ0) is 10.7. The second kappa shape index (κ2) is 4.31. The topological polar surface area (TPSA) is 47.6 Å². The molecule has 0 spiro atoms. The summed E-state index contributed by atoms with van der Waals surface area (Å²) in [5.74, 6) is 0.459. The lowest BCUT2D eigenvalue weighted by atomic mass is 10.2. The minimum absolute atomic E-state index is 0.258. The molecule has 1 aliphatic heterocycles. The molecule has 1 N–H and O–H groups in total. The molecule has 4 heteroatoms. The summed E-state index contributed by atoms with van der Waals surface area (Å²) in [6, 6.07) is 6.97. The van der Waals surface area contributed by atoms with E-state index in [9.17, 15) is 4.79 Å². The van der Waals surface area contributed by atoms with Gasteiger partial charge in [-0.1, -0.05) is 0 Å². The van der Waals surface area contributed by atoms with Crippen LogP contribution in [0.5, 0.6) is 5.75 Å². The van der Waals surface area contributed by atoms with E-state index >= 15 is 0 Å². The Hall–Kier alpha value is -1.55. The normalized spacial score (nSPS) is 15.5. The van der Waals surface area contributed by atoms with Crippen LogP contribution in [0.4, 0.5) is 0 Å². The van der Waals surface area contributed by atoms with Crippen molar-refractivity contribution in [3.63, 3.8) is 0 Å². The Labute approximate surface area is 88.2 Å². The van der Waals surface area contributed by atoms with E-state index < -0.39 is 0 Å². The third-order valence-corrected chi connectivity index (χ3v) is 2.32. The summed E-state index contributed by atoms with van der Waals surface area (Å²) in [6.07, 6.45) is 0.258. The fraction of sp³-hybridized carbons (Fsp3) is 0.364. The molecule has 1 aliphatic rings. The molecule has 0 atom stereocenters. The van der Waals surface area contributed by atoms with Crippen molar-refractivity contribution < 1.29 is 14.3 Å². The van der Waals surface area contributed by atoms with Crippen LogP contribution in [0.3, 0.4) is 0 Å². The standard InChI is InChI=1S/C11H13NO3/c1-14-11(13)8-2-4-9(5-3-8)15-10-6-12-7-10/h2-5,10,12H,6-7H2,1H3. The van der Waals surface area contributed by atoms with Crippen LogP contribution >= 0.6 is 0 Å². The van der Waals surface area contributed by atoms with Gasteiger partial charge < -0.3 is 14.8 Å². The Balaban J connectivity index is 1.99. The molecule has 1 saturated heterocycles. The molecular weight excluding hydrogens is 194 g/mol. The molecule has 0 amide bonds. The zero-order valence-electron chi connectivity index (χ0n) is 8.53. The van der Waals surface area contributed by atoms with Crippen LogP contribution in [-0.4, -0.2) is 32.3 Å². The number of methoxy groups -OCH3 is 1. The third kappa shape index (κ3) is 2.27. The molecule has 2 rings (SSSR count). The minimum atomic E-state index is -0.327. The first-order chi connectivity index (χ1) is 7.29. The summed E-state index contributed by atoms with van der Waals surface area (Å²) in [5.41, 5.74) is 0.539. The van der Waals surface area contributed by atoms with Crippen molar-refractivity contribution in [1.82, 2.24) is 5.32 Å². The van der Waals surface area contributed by atoms with Gasteiger partial charge in [0.1, 0.15) is 11.9 Å². The van der Waals surface area contributed by atoms with Gasteiger partial charge in [-0.2, -0.15) is 0 Å². The minimum Gasteiger partial charge on any atom is -0.488 e. The molecular formula is C11H13NO3. The van der Waals surface area contributed by atoms with E-state index in [2.05, 4.69) is 10.1 Å². The van der Waals surface area contributed by atoms with Gasteiger partial charge in [-0.05, 0) is 24.3 Å². The highest BCUT2D eigenvalue weighted by Crippen LogP contribution is 2.15. The first-order valence-corrected chi connectivity index (χ1v) is 4.85. The van der Waals surface area contributed by atoms with Crippen molar-refractivity contribution in [2.75, 3.05) is 20.2 Å². The van der Waals surface area contributed by atoms with Gasteiger partial charge in [0.25, 0.3) is 0 Å². The number of carbonyl (C=O) groups is 1. The summed E-state index contributed by atoms with van der Waals surface area (Å²) >= 11 is 0. The fourth-order valence-corrected chi connectivity index (χ4v) is 1.33. The van der Waals surface area contributed by atoms with Gasteiger partial charge in [-0.3, -0.25) is 0 Å². The van der Waals surface area contributed by atoms with Gasteiger partial charge >= 0.3 is 5.97 Å². The molecule has 0 bridgehead atoms. The van der Waals surface area contributed by atoms with Gasteiger partial charge in [0.05, 0.1) is 12.7 Å². The van der Waals surface area contributed by atoms with Gasteiger partial charge in [0.15, 0.2) is 0 Å². The van der Waals surface area contributed by atoms with Gasteiger partial charge in [-0.25, -0.2) is 4.79 Å². The average Bonchev–Trinajstić information content (AvgIpc) is 2.23. The number of nitrogens with one attached hydrogen (secondary N) is 1. The Bertz CT molecular complexity index is 343. The van der Waals surface area contributed by atoms with Crippen LogP contribution in [0, 0.1) is 0 Å². The number of carbonyl (C=O) groups excluding carboxylic acids is 1. The van der Waals surface area contributed by atoms with Crippen LogP contribution in [0.15, 0.2) is 24.3 Å². The van der Waals surface area contributed by atoms with E-state index in [0.717, 1.165) is 18.8 Å². The predicted molar refractivity (Wildman–Crippen MR) is 55.1 cm³/mol. The molecule has 15 heavy (non-hydrogen) atoms. The summed E-state index contributed by atoms with van der Waals surface area (Å²) in [7, 11) is 1.37. The fourth-order valence-electron chi connectivity index (χ4n) is 1.33. The SMILES string of the molecule is COC(=O)c1ccc(OC2CNC2)cc1. The molecule has 0 aliphatic carbocycles. The molecule has 1 aromatic carbocycles. The molecule has 0 saturated carbocycles. The first-order valence-electron chi connectivity index (χ1n) is 4.85. The second-order valence-corrected chi connectivity index (χ2v) is 3.41. The Morgan fingerprint density at radius 2 is 2.00 bits per heavy atom. The monoisotopic (exact) mass is 207 g/mol. The Morgan fingerprint density at radius 1 is 1.33 bits per heavy atom. The van der Waals surface area contributed by atoms with E-state index in [-0.39, 0.29) is 12.1 Å². The number of esters is 1. The van der Waals surface area contributed by atoms with E-state index in [1.807, 2.05) is 0 Å². The van der Waals surface area contributed by atoms with Crippen LogP contribution in [0.2, 0.25) is 0 Å². The van der Waals surface area contributed by atoms with Crippen LogP contribution in [-0.2, 0) is 4.74 Å². The van der Waals surface area contributed by atoms with Crippen molar-refractivity contribution >= 4 is 5.97 Å². The van der Waals surface area contributed by atoms with Gasteiger partial charge in [-0.15, -0.1) is 0 Å². The van der Waals surface area contributed by atoms with Crippen LogP contribution < -0.4 is 10.1 Å². The molecule has 0 unspecified atom stereocenters. The number of rotatable bonds is 3. The van der Waals surface area contributed by atoms with Crippen LogP contribution in [0.25, 0.3) is 0 Å². The highest BCUT2D eigenvalue weighted by atomic mass is 16.5. The number of hydrogen-bond donors (Lipinski definition) is 1. The highest BCUT2D eigenvalue weighted by Gasteiger charge is 2.18. The summed E-state index contributed by atoms with van der Waals surface area (Å²) in [6.45, 7) is 1.78. The van der Waals surface area contributed by atoms with Crippen molar-refractivity contribution in [1.29, 1.82) is 0 Å². The van der Waals surface area contributed by atoms with Crippen LogP contribution in [0.1, 0.15) is 10.4 Å². The maximum Gasteiger partial charge on any atom is 0.337 e. The number of benzene rings is 1. The quantitative estimate of drug-likeness (QED) is 0.745. The lowest BCUT2D eigenvalue weighted by molar-refractivity contribution is 0.0600. The van der Waals surface area contributed by atoms with E-state index in [4.69, 9.17) is 4.74 Å². The summed E-state index contributed by atoms with van der Waals surface area (Å²) < 4.78 is 10.2. The molecule has 4 nitrogen and oxygen atoms in total. The molecule has 0 radical (unpaired) electrons. The molecule has 1 heterocycles. The lowest BCUT2D eigenvalue weighted by Gasteiger charge is -2.27. The first kappa shape index (κ1) is 9.98. The largest absolute Gasteiger partial charge is 0.488 e. The van der Waals surface area contributed by atoms with E-state index in [0.29, 0.717) is 5.56 Å². The van der Waals surface area contributed by atoms with E-state index in [1.54, 1.807) is 24.3 Å². The van der Waals surface area contributed by atoms with Crippen molar-refractivity contribution in [2.24, 2.45) is 0 Å². The van der Waals surface area contributed by atoms with Crippen molar-refractivity contribution in [2.45, 2.75) is 6.10 Å². The highest BCUT2D eigenvalue weighted by molar-refractivity contribution is 5.89. The third-order valence-electron chi connectivity index (χ3n) is 2.32. The maximum atomic E-state index is 11.1. The molecule has 1 fully saturated rings. The van der Waals surface area contributed by atoms with Crippen molar-refractivity contribution in [3.05, 3.63) is 29.8 Å². The zero-order valence-corrected chi connectivity index (χ0v) is 8.53. The smallest absolute Gasteiger partial charge is 0.337 e. The summed E-state index contributed by atoms with van der Waals surface area (Å²) in [4.78, 5) is 11.1. The summed E-state index contributed by atoms with van der Waals surface area (Å²) in [5, 5.41) is 3.12. The average molecular weight is 207 g/mol. The van der Waals surface area contributed by atoms with Gasteiger partial charge in [0.2, 0.25) is 0 Å². The van der Waals surface area contributed by atoms with E-state index in [1.165, 1.54) is 7.11 Å². The predicted octanol–water partition coefficient (Wildman–Crippen LogP) is 0.824. The Morgan fingerprint density at radius 3 is 2.47 bits per heavy atom. The Kier molecular flexibility index (Phi) is 2.87. The van der Waals surface area contributed by atoms with Gasteiger partial charge in [0, 0.05) is 13.1 Å². The lowest BCUT2D eigenvalue weighted by Crippen LogP contribution is -2.50. The molecule has 0 aromatic heterocycles. The molecule has 1 aromatic rings. The van der Waals surface area contributed by atoms with Crippen molar-refractivity contribution in [3.8, 4) is 5.75 Å². The maximum absolute atomic E-state index is 11.1. The second-order valence-electron chi connectivity index (χ2n) is 3.41.